The third-order valence-corrected chi connectivity index (χ3v) is 5.88. The highest BCUT2D eigenvalue weighted by Gasteiger charge is 2.19. The Labute approximate surface area is 179 Å². The van der Waals surface area contributed by atoms with Crippen LogP contribution in [0.4, 0.5) is 5.69 Å². The van der Waals surface area contributed by atoms with Crippen LogP contribution < -0.4 is 21.4 Å². The van der Waals surface area contributed by atoms with E-state index in [0.717, 1.165) is 71.2 Å². The van der Waals surface area contributed by atoms with Crippen molar-refractivity contribution in [3.05, 3.63) is 64.3 Å². The Kier molecular flexibility index (Phi) is 5.42. The van der Waals surface area contributed by atoms with Gasteiger partial charge >= 0.3 is 5.97 Å². The summed E-state index contributed by atoms with van der Waals surface area (Å²) in [6.45, 7) is 6.01. The number of carbonyl (C=O) groups is 1. The van der Waals surface area contributed by atoms with Gasteiger partial charge in [-0.1, -0.05) is 18.2 Å². The zero-order valence-corrected chi connectivity index (χ0v) is 17.1. The van der Waals surface area contributed by atoms with Gasteiger partial charge in [-0.3, -0.25) is 20.2 Å². The van der Waals surface area contributed by atoms with Crippen LogP contribution in [0.25, 0.3) is 16.5 Å². The fourth-order valence-electron chi connectivity index (χ4n) is 4.22. The number of fused-ring (bicyclic) bond motifs is 2. The summed E-state index contributed by atoms with van der Waals surface area (Å²) < 4.78 is 0. The summed E-state index contributed by atoms with van der Waals surface area (Å²) in [4.78, 5) is 27.8. The number of piperazine rings is 1. The SMILES string of the molecule is O=C(O)c1ccc2c(c1)=C(c1[nH]c3ccccc3c1NOCCN1CCNCC1)CN=2. The second-order valence-corrected chi connectivity index (χ2v) is 7.79. The van der Waals surface area contributed by atoms with E-state index in [2.05, 4.69) is 25.7 Å². The molecule has 0 bridgehead atoms. The maximum Gasteiger partial charge on any atom is 0.335 e. The highest BCUT2D eigenvalue weighted by Crippen LogP contribution is 2.32. The molecule has 0 spiro atoms. The van der Waals surface area contributed by atoms with Crippen LogP contribution in [-0.4, -0.2) is 66.8 Å². The van der Waals surface area contributed by atoms with Gasteiger partial charge in [0, 0.05) is 54.4 Å². The average Bonchev–Trinajstić information content (AvgIpc) is 3.38. The minimum atomic E-state index is -0.944. The first-order valence-corrected chi connectivity index (χ1v) is 10.5. The van der Waals surface area contributed by atoms with E-state index in [1.165, 1.54) is 0 Å². The van der Waals surface area contributed by atoms with Crippen molar-refractivity contribution in [2.75, 3.05) is 51.4 Å². The van der Waals surface area contributed by atoms with Crippen molar-refractivity contribution >= 4 is 28.1 Å². The molecule has 160 valence electrons. The minimum absolute atomic E-state index is 0.256. The van der Waals surface area contributed by atoms with Crippen molar-refractivity contribution in [1.82, 2.24) is 15.2 Å². The number of hydrogen-bond donors (Lipinski definition) is 4. The normalized spacial score (nSPS) is 16.3. The molecule has 1 fully saturated rings. The van der Waals surface area contributed by atoms with Gasteiger partial charge in [-0.05, 0) is 24.3 Å². The van der Waals surface area contributed by atoms with Crippen LogP contribution in [0.1, 0.15) is 16.1 Å². The molecule has 0 atom stereocenters. The number of nitrogens with zero attached hydrogens (tertiary/aromatic N) is 2. The molecule has 2 aromatic carbocycles. The highest BCUT2D eigenvalue weighted by atomic mass is 16.6. The number of carboxylic acid groups (broad SMARTS) is 1. The summed E-state index contributed by atoms with van der Waals surface area (Å²) in [5, 5.41) is 15.4. The summed E-state index contributed by atoms with van der Waals surface area (Å²) >= 11 is 0. The Morgan fingerprint density at radius 1 is 1.19 bits per heavy atom. The van der Waals surface area contributed by atoms with E-state index >= 15 is 0 Å². The van der Waals surface area contributed by atoms with E-state index < -0.39 is 5.97 Å². The number of anilines is 1. The Hall–Kier alpha value is -3.20. The number of H-pyrrole nitrogens is 1. The number of aromatic nitrogens is 1. The lowest BCUT2D eigenvalue weighted by Crippen LogP contribution is -2.44. The number of aromatic carboxylic acids is 1. The number of para-hydroxylation sites is 1. The topological polar surface area (TPSA) is 102 Å². The van der Waals surface area contributed by atoms with Gasteiger partial charge in [0.15, 0.2) is 0 Å². The fraction of sp³-hybridized carbons (Fsp3) is 0.304. The Bertz CT molecular complexity index is 1240. The van der Waals surface area contributed by atoms with Crippen LogP contribution in [-0.2, 0) is 4.84 Å². The minimum Gasteiger partial charge on any atom is -0.478 e. The van der Waals surface area contributed by atoms with Gasteiger partial charge in [0.05, 0.1) is 35.5 Å². The van der Waals surface area contributed by atoms with Gasteiger partial charge in [0.25, 0.3) is 0 Å². The molecule has 5 rings (SSSR count). The second kappa shape index (κ2) is 8.50. The molecule has 0 unspecified atom stereocenters. The molecule has 0 amide bonds. The van der Waals surface area contributed by atoms with Crippen LogP contribution in [0.5, 0.6) is 0 Å². The van der Waals surface area contributed by atoms with Crippen molar-refractivity contribution < 1.29 is 14.7 Å². The van der Waals surface area contributed by atoms with E-state index in [4.69, 9.17) is 4.84 Å². The first kappa shape index (κ1) is 19.7. The van der Waals surface area contributed by atoms with Gasteiger partial charge < -0.3 is 15.4 Å². The third-order valence-electron chi connectivity index (χ3n) is 5.88. The number of rotatable bonds is 7. The zero-order valence-electron chi connectivity index (χ0n) is 17.1. The monoisotopic (exact) mass is 419 g/mol. The lowest BCUT2D eigenvalue weighted by atomic mass is 10.1. The standard InChI is InChI=1S/C23H25N5O3/c29-23(30)15-5-6-19-17(13-15)18(14-25-19)21-22(16-3-1-2-4-20(16)26-21)27-31-12-11-28-9-7-24-8-10-28/h1-6,13,24,26-27H,7-12,14H2,(H,29,30). The van der Waals surface area contributed by atoms with E-state index in [1.807, 2.05) is 24.3 Å². The Morgan fingerprint density at radius 3 is 2.87 bits per heavy atom. The van der Waals surface area contributed by atoms with E-state index in [1.54, 1.807) is 18.2 Å². The smallest absolute Gasteiger partial charge is 0.335 e. The van der Waals surface area contributed by atoms with Crippen molar-refractivity contribution in [2.24, 2.45) is 4.99 Å². The molecular weight excluding hydrogens is 394 g/mol. The Morgan fingerprint density at radius 2 is 2.03 bits per heavy atom. The van der Waals surface area contributed by atoms with Crippen LogP contribution in [0, 0.1) is 0 Å². The summed E-state index contributed by atoms with van der Waals surface area (Å²) in [5.74, 6) is -0.944. The lowest BCUT2D eigenvalue weighted by Gasteiger charge is -2.26. The van der Waals surface area contributed by atoms with Gasteiger partial charge in [0.2, 0.25) is 0 Å². The van der Waals surface area contributed by atoms with Gasteiger partial charge in [0.1, 0.15) is 0 Å². The van der Waals surface area contributed by atoms with Crippen molar-refractivity contribution in [2.45, 2.75) is 0 Å². The highest BCUT2D eigenvalue weighted by molar-refractivity contribution is 5.99. The molecule has 2 aliphatic rings. The van der Waals surface area contributed by atoms with Gasteiger partial charge in [-0.2, -0.15) is 0 Å². The zero-order chi connectivity index (χ0) is 21.2. The number of benzene rings is 2. The van der Waals surface area contributed by atoms with Crippen molar-refractivity contribution in [3.8, 4) is 0 Å². The average molecular weight is 419 g/mol. The first-order chi connectivity index (χ1) is 15.2. The summed E-state index contributed by atoms with van der Waals surface area (Å²) in [5.41, 5.74) is 7.11. The third kappa shape index (κ3) is 3.93. The number of nitrogens with one attached hydrogen (secondary N) is 3. The molecule has 1 saturated heterocycles. The molecule has 1 aromatic heterocycles. The number of carboxylic acids is 1. The lowest BCUT2D eigenvalue weighted by molar-refractivity contribution is 0.0696. The van der Waals surface area contributed by atoms with Crippen LogP contribution in [0.15, 0.2) is 47.5 Å². The summed E-state index contributed by atoms with van der Waals surface area (Å²) in [6, 6.07) is 13.1. The fourth-order valence-corrected chi connectivity index (χ4v) is 4.22. The molecule has 0 radical (unpaired) electrons. The summed E-state index contributed by atoms with van der Waals surface area (Å²) in [6.07, 6.45) is 0. The maximum atomic E-state index is 11.5. The largest absolute Gasteiger partial charge is 0.478 e. The first-order valence-electron chi connectivity index (χ1n) is 10.5. The molecule has 31 heavy (non-hydrogen) atoms. The molecule has 4 N–H and O–H groups in total. The predicted molar refractivity (Wildman–Crippen MR) is 119 cm³/mol. The Balaban J connectivity index is 1.46. The van der Waals surface area contributed by atoms with Crippen LogP contribution in [0.2, 0.25) is 0 Å². The van der Waals surface area contributed by atoms with E-state index in [0.29, 0.717) is 13.2 Å². The maximum absolute atomic E-state index is 11.5. The number of hydrogen-bond acceptors (Lipinski definition) is 6. The van der Waals surface area contributed by atoms with Crippen molar-refractivity contribution in [3.63, 3.8) is 0 Å². The van der Waals surface area contributed by atoms with Gasteiger partial charge in [-0.15, -0.1) is 0 Å². The molecular formula is C23H25N5O3. The molecule has 0 saturated carbocycles. The molecule has 8 heteroatoms. The second-order valence-electron chi connectivity index (χ2n) is 7.79. The quantitative estimate of drug-likeness (QED) is 0.336. The molecule has 8 nitrogen and oxygen atoms in total. The van der Waals surface area contributed by atoms with E-state index in [-0.39, 0.29) is 5.56 Å². The van der Waals surface area contributed by atoms with Crippen LogP contribution >= 0.6 is 0 Å². The predicted octanol–water partition coefficient (Wildman–Crippen LogP) is 0.947. The van der Waals surface area contributed by atoms with Gasteiger partial charge in [-0.25, -0.2) is 4.79 Å². The molecule has 0 aliphatic carbocycles. The molecule has 3 heterocycles. The summed E-state index contributed by atoms with van der Waals surface area (Å²) in [7, 11) is 0. The number of aromatic amines is 1. The molecule has 2 aliphatic heterocycles. The molecule has 3 aromatic rings. The van der Waals surface area contributed by atoms with Crippen molar-refractivity contribution in [1.29, 1.82) is 0 Å². The van der Waals surface area contributed by atoms with E-state index in [9.17, 15) is 9.90 Å². The van der Waals surface area contributed by atoms with Crippen LogP contribution in [0.3, 0.4) is 0 Å².